The van der Waals surface area contributed by atoms with E-state index in [1.807, 2.05) is 48.5 Å². The topological polar surface area (TPSA) is 74.8 Å². The van der Waals surface area contributed by atoms with E-state index in [0.717, 1.165) is 24.0 Å². The summed E-state index contributed by atoms with van der Waals surface area (Å²) in [7, 11) is 0. The number of hydrogen-bond donors (Lipinski definition) is 0. The van der Waals surface area contributed by atoms with Crippen LogP contribution in [-0.4, -0.2) is 23.6 Å². The van der Waals surface area contributed by atoms with Gasteiger partial charge in [-0.25, -0.2) is 0 Å². The van der Waals surface area contributed by atoms with Crippen molar-refractivity contribution in [2.24, 2.45) is 47.3 Å². The van der Waals surface area contributed by atoms with Gasteiger partial charge in [-0.2, -0.15) is 0 Å². The van der Waals surface area contributed by atoms with Crippen LogP contribution in [-0.2, 0) is 19.2 Å². The Bertz CT molecular complexity index is 1250. The van der Waals surface area contributed by atoms with E-state index in [0.29, 0.717) is 11.4 Å². The van der Waals surface area contributed by atoms with Crippen LogP contribution in [0.4, 0.5) is 11.4 Å². The van der Waals surface area contributed by atoms with Gasteiger partial charge in [-0.15, -0.1) is 0 Å². The number of fused-ring (bicyclic) bond motifs is 10. The lowest BCUT2D eigenvalue weighted by Gasteiger charge is -2.18. The molecule has 0 N–H and O–H groups in total. The second-order valence-electron chi connectivity index (χ2n) is 11.1. The van der Waals surface area contributed by atoms with Gasteiger partial charge < -0.3 is 0 Å². The number of benzene rings is 2. The van der Waals surface area contributed by atoms with Crippen LogP contribution in [0.25, 0.3) is 11.1 Å². The van der Waals surface area contributed by atoms with Crippen LogP contribution in [0.15, 0.2) is 72.8 Å². The normalized spacial score (nSPS) is 37.1. The molecule has 0 radical (unpaired) electrons. The van der Waals surface area contributed by atoms with E-state index in [1.165, 1.54) is 9.80 Å². The molecule has 4 bridgehead atoms. The van der Waals surface area contributed by atoms with Crippen molar-refractivity contribution in [3.05, 3.63) is 72.8 Å². The molecule has 6 nitrogen and oxygen atoms in total. The summed E-state index contributed by atoms with van der Waals surface area (Å²) in [4.78, 5) is 55.1. The minimum Gasteiger partial charge on any atom is -0.274 e. The van der Waals surface area contributed by atoms with E-state index >= 15 is 0 Å². The molecule has 2 aromatic carbocycles. The molecule has 2 aliphatic heterocycles. The zero-order valence-electron chi connectivity index (χ0n) is 19.5. The molecule has 36 heavy (non-hydrogen) atoms. The lowest BCUT2D eigenvalue weighted by atomic mass is 9.85. The minimum absolute atomic E-state index is 0.0766. The first-order valence-corrected chi connectivity index (χ1v) is 12.8. The second-order valence-corrected chi connectivity index (χ2v) is 11.1. The van der Waals surface area contributed by atoms with Crippen LogP contribution in [0.3, 0.4) is 0 Å². The summed E-state index contributed by atoms with van der Waals surface area (Å²) in [5, 5.41) is 0. The van der Waals surface area contributed by atoms with E-state index in [9.17, 15) is 19.2 Å². The third-order valence-corrected chi connectivity index (χ3v) is 9.53. The summed E-state index contributed by atoms with van der Waals surface area (Å²) in [5.74, 6) is -0.359. The molecular weight excluding hydrogens is 452 g/mol. The quantitative estimate of drug-likeness (QED) is 0.496. The fourth-order valence-electron chi connectivity index (χ4n) is 7.92. The molecular formula is C30H24N2O4. The predicted octanol–water partition coefficient (Wildman–Crippen LogP) is 3.98. The fourth-order valence-corrected chi connectivity index (χ4v) is 7.92. The van der Waals surface area contributed by atoms with Gasteiger partial charge in [0.05, 0.1) is 35.0 Å². The zero-order valence-corrected chi connectivity index (χ0v) is 19.5. The van der Waals surface area contributed by atoms with Crippen molar-refractivity contribution in [3.8, 4) is 11.1 Å². The average Bonchev–Trinajstić information content (AvgIpc) is 3.73. The lowest BCUT2D eigenvalue weighted by Crippen LogP contribution is -2.32. The number of allylic oxidation sites excluding steroid dienone is 4. The van der Waals surface area contributed by atoms with E-state index in [-0.39, 0.29) is 71.0 Å². The first kappa shape index (κ1) is 20.4. The molecule has 8 unspecified atom stereocenters. The molecule has 2 saturated carbocycles. The summed E-state index contributed by atoms with van der Waals surface area (Å²) in [5.41, 5.74) is 3.10. The van der Waals surface area contributed by atoms with Gasteiger partial charge in [0.2, 0.25) is 23.6 Å². The monoisotopic (exact) mass is 476 g/mol. The smallest absolute Gasteiger partial charge is 0.238 e. The number of hydrogen-bond acceptors (Lipinski definition) is 4. The third kappa shape index (κ3) is 2.47. The largest absolute Gasteiger partial charge is 0.274 e. The van der Waals surface area contributed by atoms with Crippen molar-refractivity contribution in [2.75, 3.05) is 9.80 Å². The Balaban J connectivity index is 1.03. The van der Waals surface area contributed by atoms with Crippen LogP contribution in [0.5, 0.6) is 0 Å². The van der Waals surface area contributed by atoms with Gasteiger partial charge in [0.25, 0.3) is 0 Å². The first-order chi connectivity index (χ1) is 17.5. The zero-order chi connectivity index (χ0) is 24.3. The summed E-state index contributed by atoms with van der Waals surface area (Å²) >= 11 is 0. The van der Waals surface area contributed by atoms with Gasteiger partial charge in [0.1, 0.15) is 0 Å². The maximum atomic E-state index is 13.1. The SMILES string of the molecule is O=C1C2C3C=CC(C3)C2C(=O)N1c1ccc(-c2ccc(N3C(=O)C4C5C=CC(C5)C4C3=O)cc2)cc1. The maximum absolute atomic E-state index is 13.1. The molecule has 178 valence electrons. The predicted molar refractivity (Wildman–Crippen MR) is 132 cm³/mol. The van der Waals surface area contributed by atoms with Crippen molar-refractivity contribution in [3.63, 3.8) is 0 Å². The number of carbonyl (C=O) groups is 4. The fraction of sp³-hybridized carbons (Fsp3) is 0.333. The summed E-state index contributed by atoms with van der Waals surface area (Å²) in [6.45, 7) is 0. The lowest BCUT2D eigenvalue weighted by molar-refractivity contribution is -0.124. The van der Waals surface area contributed by atoms with E-state index in [2.05, 4.69) is 24.3 Å². The first-order valence-electron chi connectivity index (χ1n) is 12.8. The van der Waals surface area contributed by atoms with Gasteiger partial charge in [-0.3, -0.25) is 29.0 Å². The van der Waals surface area contributed by atoms with Crippen molar-refractivity contribution in [1.29, 1.82) is 0 Å². The Hall–Kier alpha value is -3.80. The van der Waals surface area contributed by atoms with Crippen LogP contribution in [0.1, 0.15) is 12.8 Å². The van der Waals surface area contributed by atoms with E-state index < -0.39 is 0 Å². The second kappa shape index (κ2) is 6.90. The van der Waals surface area contributed by atoms with Gasteiger partial charge in [-0.05, 0) is 71.9 Å². The average molecular weight is 477 g/mol. The van der Waals surface area contributed by atoms with Gasteiger partial charge in [0, 0.05) is 0 Å². The number of nitrogens with zero attached hydrogens (tertiary/aromatic N) is 2. The Kier molecular flexibility index (Phi) is 3.91. The molecule has 6 heteroatoms. The molecule has 6 aliphatic rings. The highest BCUT2D eigenvalue weighted by molar-refractivity contribution is 6.23. The molecule has 2 aromatic rings. The Morgan fingerprint density at radius 1 is 0.444 bits per heavy atom. The van der Waals surface area contributed by atoms with Gasteiger partial charge in [-0.1, -0.05) is 48.6 Å². The third-order valence-electron chi connectivity index (χ3n) is 9.53. The standard InChI is InChI=1S/C30H24N2O4/c33-27-23-17-1-2-18(13-17)24(23)28(34)31(27)21-9-5-15(6-10-21)16-7-11-22(12-8-16)32-29(35)25-19-3-4-20(14-19)26(25)30(32)36/h1-12,17-20,23-26H,13-14H2. The number of imide groups is 2. The minimum atomic E-state index is -0.207. The molecule has 8 rings (SSSR count). The number of carbonyl (C=O) groups excluding carboxylic acids is 4. The van der Waals surface area contributed by atoms with Crippen LogP contribution in [0.2, 0.25) is 0 Å². The Morgan fingerprint density at radius 3 is 1.00 bits per heavy atom. The molecule has 4 fully saturated rings. The van der Waals surface area contributed by atoms with Crippen molar-refractivity contribution in [2.45, 2.75) is 12.8 Å². The molecule has 4 aliphatic carbocycles. The Labute approximate surface area is 208 Å². The van der Waals surface area contributed by atoms with Gasteiger partial charge >= 0.3 is 0 Å². The van der Waals surface area contributed by atoms with Crippen molar-refractivity contribution >= 4 is 35.0 Å². The van der Waals surface area contributed by atoms with E-state index in [4.69, 9.17) is 0 Å². The number of anilines is 2. The van der Waals surface area contributed by atoms with Crippen molar-refractivity contribution < 1.29 is 19.2 Å². The Morgan fingerprint density at radius 2 is 0.722 bits per heavy atom. The number of rotatable bonds is 3. The summed E-state index contributed by atoms with van der Waals surface area (Å²) in [6.07, 6.45) is 10.2. The highest BCUT2D eigenvalue weighted by Gasteiger charge is 2.60. The highest BCUT2D eigenvalue weighted by Crippen LogP contribution is 2.54. The molecule has 2 heterocycles. The summed E-state index contributed by atoms with van der Waals surface area (Å²) < 4.78 is 0. The van der Waals surface area contributed by atoms with Crippen LogP contribution < -0.4 is 9.80 Å². The molecule has 4 amide bonds. The molecule has 0 aromatic heterocycles. The number of amides is 4. The van der Waals surface area contributed by atoms with Crippen molar-refractivity contribution in [1.82, 2.24) is 0 Å². The van der Waals surface area contributed by atoms with Crippen LogP contribution >= 0.6 is 0 Å². The van der Waals surface area contributed by atoms with E-state index in [1.54, 1.807) is 0 Å². The van der Waals surface area contributed by atoms with Gasteiger partial charge in [0.15, 0.2) is 0 Å². The highest BCUT2D eigenvalue weighted by atomic mass is 16.2. The molecule has 0 spiro atoms. The van der Waals surface area contributed by atoms with Crippen LogP contribution in [0, 0.1) is 47.3 Å². The molecule has 2 saturated heterocycles. The maximum Gasteiger partial charge on any atom is 0.238 e. The molecule has 8 atom stereocenters. The summed E-state index contributed by atoms with van der Waals surface area (Å²) in [6, 6.07) is 14.9.